The van der Waals surface area contributed by atoms with Gasteiger partial charge in [-0.2, -0.15) is 0 Å². The minimum absolute atomic E-state index is 0.863. The Hall–Kier alpha value is -6.84. The maximum atomic E-state index is 6.73. The zero-order valence-electron chi connectivity index (χ0n) is 27.8. The van der Waals surface area contributed by atoms with Crippen molar-refractivity contribution in [1.29, 1.82) is 0 Å². The van der Waals surface area contributed by atoms with Crippen LogP contribution < -0.4 is 9.64 Å². The van der Waals surface area contributed by atoms with E-state index in [0.29, 0.717) is 0 Å². The van der Waals surface area contributed by atoms with E-state index in [4.69, 9.17) is 4.74 Å². The van der Waals surface area contributed by atoms with Gasteiger partial charge in [0.1, 0.15) is 0 Å². The second-order valence-electron chi connectivity index (χ2n) is 12.9. The summed E-state index contributed by atoms with van der Waals surface area (Å²) in [5.41, 5.74) is 13.7. The maximum Gasteiger partial charge on any atom is 0.160 e. The Balaban J connectivity index is 1.05. The molecule has 0 fully saturated rings. The van der Waals surface area contributed by atoms with Crippen molar-refractivity contribution in [3.63, 3.8) is 0 Å². The first kappa shape index (κ1) is 29.1. The Kier molecular flexibility index (Phi) is 6.81. The van der Waals surface area contributed by atoms with E-state index in [1.54, 1.807) is 0 Å². The van der Waals surface area contributed by atoms with Gasteiger partial charge in [-0.3, -0.25) is 0 Å². The van der Waals surface area contributed by atoms with Crippen molar-refractivity contribution in [1.82, 2.24) is 4.57 Å². The van der Waals surface area contributed by atoms with E-state index in [-0.39, 0.29) is 0 Å². The highest BCUT2D eigenvalue weighted by molar-refractivity contribution is 6.14. The Morgan fingerprint density at radius 1 is 0.373 bits per heavy atom. The van der Waals surface area contributed by atoms with Crippen LogP contribution in [0.25, 0.3) is 60.9 Å². The van der Waals surface area contributed by atoms with Crippen LogP contribution in [0.2, 0.25) is 0 Å². The van der Waals surface area contributed by atoms with Gasteiger partial charge in [0, 0.05) is 33.4 Å². The molecular formula is C48H32N2O. The molecule has 0 aliphatic carbocycles. The third-order valence-corrected chi connectivity index (χ3v) is 10.0. The normalized spacial score (nSPS) is 11.7. The number of hydrogen-bond donors (Lipinski definition) is 0. The lowest BCUT2D eigenvalue weighted by molar-refractivity contribution is 0.478. The third-order valence-electron chi connectivity index (χ3n) is 10.0. The fraction of sp³-hybridized carbons (Fsp3) is 0. The van der Waals surface area contributed by atoms with E-state index in [9.17, 15) is 0 Å². The number of rotatable bonds is 6. The van der Waals surface area contributed by atoms with Gasteiger partial charge in [-0.25, -0.2) is 0 Å². The van der Waals surface area contributed by atoms with Crippen LogP contribution in [-0.2, 0) is 0 Å². The first-order valence-electron chi connectivity index (χ1n) is 17.4. The van der Waals surface area contributed by atoms with Gasteiger partial charge >= 0.3 is 0 Å². The highest BCUT2D eigenvalue weighted by atomic mass is 16.5. The fourth-order valence-electron chi connectivity index (χ4n) is 7.66. The molecule has 0 saturated carbocycles. The van der Waals surface area contributed by atoms with Crippen molar-refractivity contribution in [2.45, 2.75) is 0 Å². The lowest BCUT2D eigenvalue weighted by Crippen LogP contribution is -2.09. The van der Waals surface area contributed by atoms with E-state index in [0.717, 1.165) is 50.9 Å². The summed E-state index contributed by atoms with van der Waals surface area (Å²) in [6.45, 7) is 0. The summed E-state index contributed by atoms with van der Waals surface area (Å²) in [7, 11) is 0. The van der Waals surface area contributed by atoms with Gasteiger partial charge in [-0.05, 0) is 88.5 Å². The van der Waals surface area contributed by atoms with E-state index in [1.807, 2.05) is 6.07 Å². The summed E-state index contributed by atoms with van der Waals surface area (Å²) in [6.07, 6.45) is 0. The van der Waals surface area contributed by atoms with E-state index in [2.05, 4.69) is 198 Å². The number of aromatic nitrogens is 1. The van der Waals surface area contributed by atoms with Gasteiger partial charge in [0.2, 0.25) is 0 Å². The van der Waals surface area contributed by atoms with Crippen molar-refractivity contribution in [2.75, 3.05) is 4.90 Å². The molecule has 3 heteroatoms. The van der Waals surface area contributed by atoms with Gasteiger partial charge in [0.25, 0.3) is 0 Å². The Labute approximate surface area is 296 Å². The molecule has 0 spiro atoms. The number of anilines is 3. The van der Waals surface area contributed by atoms with Crippen molar-refractivity contribution in [3.8, 4) is 50.6 Å². The number of fused-ring (bicyclic) bond motifs is 5. The fourth-order valence-corrected chi connectivity index (χ4v) is 7.66. The van der Waals surface area contributed by atoms with Crippen LogP contribution in [0.1, 0.15) is 0 Å². The van der Waals surface area contributed by atoms with E-state index >= 15 is 0 Å². The second kappa shape index (κ2) is 11.9. The molecule has 0 unspecified atom stereocenters. The molecule has 0 bridgehead atoms. The molecule has 8 aromatic carbocycles. The molecule has 1 aliphatic rings. The molecule has 1 aromatic heterocycles. The number of hydrogen-bond acceptors (Lipinski definition) is 2. The quantitative estimate of drug-likeness (QED) is 0.178. The summed E-state index contributed by atoms with van der Waals surface area (Å²) in [6, 6.07) is 68.9. The van der Waals surface area contributed by atoms with Crippen molar-refractivity contribution >= 4 is 38.9 Å². The molecule has 2 heterocycles. The average molecular weight is 653 g/mol. The zero-order valence-corrected chi connectivity index (χ0v) is 27.8. The van der Waals surface area contributed by atoms with Gasteiger partial charge in [-0.15, -0.1) is 0 Å². The lowest BCUT2D eigenvalue weighted by Gasteiger charge is -2.26. The maximum absolute atomic E-state index is 6.73. The molecule has 9 aromatic rings. The summed E-state index contributed by atoms with van der Waals surface area (Å²) in [5.74, 6) is 1.75. The minimum Gasteiger partial charge on any atom is -0.452 e. The molecule has 0 atom stereocenters. The largest absolute Gasteiger partial charge is 0.452 e. The molecule has 0 saturated heterocycles. The number of para-hydroxylation sites is 4. The third kappa shape index (κ3) is 4.82. The van der Waals surface area contributed by atoms with Crippen molar-refractivity contribution in [2.24, 2.45) is 0 Å². The lowest BCUT2D eigenvalue weighted by atomic mass is 9.94. The molecular weight excluding hydrogens is 621 g/mol. The van der Waals surface area contributed by atoms with Crippen LogP contribution in [-0.4, -0.2) is 4.57 Å². The topological polar surface area (TPSA) is 17.4 Å². The van der Waals surface area contributed by atoms with Gasteiger partial charge in [0.05, 0.1) is 16.7 Å². The monoisotopic (exact) mass is 652 g/mol. The first-order valence-corrected chi connectivity index (χ1v) is 17.4. The summed E-state index contributed by atoms with van der Waals surface area (Å²) >= 11 is 0. The zero-order chi connectivity index (χ0) is 33.7. The highest BCUT2D eigenvalue weighted by Crippen LogP contribution is 2.49. The minimum atomic E-state index is 0.863. The smallest absolute Gasteiger partial charge is 0.160 e. The highest BCUT2D eigenvalue weighted by Gasteiger charge is 2.26. The summed E-state index contributed by atoms with van der Waals surface area (Å²) in [5, 5.41) is 2.42. The van der Waals surface area contributed by atoms with Gasteiger partial charge < -0.3 is 14.2 Å². The Morgan fingerprint density at radius 2 is 0.902 bits per heavy atom. The molecule has 240 valence electrons. The van der Waals surface area contributed by atoms with E-state index < -0.39 is 0 Å². The SMILES string of the molecule is c1ccc(-c2ccccc2-c2ccc(N(c3ccccc3)c3ccc(-c4ccc5c6ccccc6n6c5c4Oc4ccccc4-6)cc3)cc2)cc1. The van der Waals surface area contributed by atoms with Crippen LogP contribution in [0, 0.1) is 0 Å². The van der Waals surface area contributed by atoms with Crippen molar-refractivity contribution < 1.29 is 4.74 Å². The van der Waals surface area contributed by atoms with Crippen LogP contribution in [0.4, 0.5) is 17.1 Å². The Bertz CT molecular complexity index is 2690. The summed E-state index contributed by atoms with van der Waals surface area (Å²) < 4.78 is 9.09. The first-order chi connectivity index (χ1) is 25.3. The molecule has 1 aliphatic heterocycles. The predicted molar refractivity (Wildman–Crippen MR) is 212 cm³/mol. The average Bonchev–Trinajstić information content (AvgIpc) is 3.55. The molecule has 51 heavy (non-hydrogen) atoms. The second-order valence-corrected chi connectivity index (χ2v) is 12.9. The van der Waals surface area contributed by atoms with E-state index in [1.165, 1.54) is 38.5 Å². The Morgan fingerprint density at radius 3 is 1.61 bits per heavy atom. The molecule has 3 nitrogen and oxygen atoms in total. The predicted octanol–water partition coefficient (Wildman–Crippen LogP) is 13.4. The van der Waals surface area contributed by atoms with Crippen LogP contribution in [0.3, 0.4) is 0 Å². The molecule has 0 amide bonds. The van der Waals surface area contributed by atoms with Crippen LogP contribution in [0.5, 0.6) is 11.5 Å². The van der Waals surface area contributed by atoms with Crippen molar-refractivity contribution in [3.05, 3.63) is 194 Å². The summed E-state index contributed by atoms with van der Waals surface area (Å²) in [4.78, 5) is 2.31. The number of benzene rings is 8. The molecule has 0 radical (unpaired) electrons. The molecule has 10 rings (SSSR count). The molecule has 0 N–H and O–H groups in total. The van der Waals surface area contributed by atoms with Crippen LogP contribution >= 0.6 is 0 Å². The van der Waals surface area contributed by atoms with Crippen LogP contribution in [0.15, 0.2) is 194 Å². The van der Waals surface area contributed by atoms with Gasteiger partial charge in [0.15, 0.2) is 11.5 Å². The number of nitrogens with zero attached hydrogens (tertiary/aromatic N) is 2. The number of ether oxygens (including phenoxy) is 1. The standard InChI is InChI=1S/C48H32N2O/c1-3-13-33(14-4-1)39-17-7-8-18-40(39)34-23-27-37(28-24-34)49(36-15-5-2-6-16-36)38-29-25-35(26-30-38)41-31-32-43-42-19-9-10-20-44(42)50-45-21-11-12-22-46(45)51-48(41)47(43)50/h1-32H. The van der Waals surface area contributed by atoms with Gasteiger partial charge in [-0.1, -0.05) is 133 Å².